The van der Waals surface area contributed by atoms with Crippen LogP contribution in [0.5, 0.6) is 0 Å². The number of hydrogen-bond acceptors (Lipinski definition) is 8. The molecular weight excluding hydrogens is 616 g/mol. The SMILES string of the molecule is CC(C)C[C@H](C(=O)N1CCOCCN(C(=O)[C@@H](CC(C)C)N2C(=O)c3ccccc3C2=O)CCOCC1)N1C(=O)c2ccccc2C1=O. The average Bonchev–Trinajstić information content (AvgIpc) is 3.46. The molecule has 5 rings (SSSR count). The van der Waals surface area contributed by atoms with E-state index in [9.17, 15) is 28.8 Å². The van der Waals surface area contributed by atoms with Crippen LogP contribution in [0.25, 0.3) is 0 Å². The minimum absolute atomic E-state index is 0.0339. The number of carbonyl (C=O) groups is 6. The summed E-state index contributed by atoms with van der Waals surface area (Å²) in [6.45, 7) is 9.13. The molecule has 0 aromatic heterocycles. The number of carbonyl (C=O) groups excluding carboxylic acids is 6. The number of amides is 6. The molecule has 12 nitrogen and oxygen atoms in total. The number of rotatable bonds is 8. The van der Waals surface area contributed by atoms with Gasteiger partial charge in [0.2, 0.25) is 11.8 Å². The Morgan fingerprint density at radius 3 is 1.06 bits per heavy atom. The average molecular weight is 661 g/mol. The molecule has 12 heteroatoms. The minimum Gasteiger partial charge on any atom is -0.378 e. The van der Waals surface area contributed by atoms with E-state index in [-0.39, 0.29) is 76.3 Å². The lowest BCUT2D eigenvalue weighted by Crippen LogP contribution is -2.53. The van der Waals surface area contributed by atoms with Crippen LogP contribution in [0, 0.1) is 11.8 Å². The molecule has 3 aliphatic heterocycles. The van der Waals surface area contributed by atoms with E-state index in [1.807, 2.05) is 27.7 Å². The summed E-state index contributed by atoms with van der Waals surface area (Å²) in [4.78, 5) is 86.6. The smallest absolute Gasteiger partial charge is 0.262 e. The monoisotopic (exact) mass is 660 g/mol. The molecule has 48 heavy (non-hydrogen) atoms. The first-order valence-corrected chi connectivity index (χ1v) is 16.7. The highest BCUT2D eigenvalue weighted by molar-refractivity contribution is 6.23. The van der Waals surface area contributed by atoms with Gasteiger partial charge >= 0.3 is 0 Å². The number of hydrogen-bond donors (Lipinski definition) is 0. The second-order valence-corrected chi connectivity index (χ2v) is 13.2. The fourth-order valence-corrected chi connectivity index (χ4v) is 6.50. The van der Waals surface area contributed by atoms with Crippen molar-refractivity contribution in [2.45, 2.75) is 52.6 Å². The Morgan fingerprint density at radius 2 is 0.812 bits per heavy atom. The molecule has 3 heterocycles. The Hall–Kier alpha value is -4.42. The summed E-state index contributed by atoms with van der Waals surface area (Å²) in [5, 5.41) is 0. The molecule has 6 amide bonds. The summed E-state index contributed by atoms with van der Waals surface area (Å²) in [6.07, 6.45) is 0.620. The molecule has 2 atom stereocenters. The van der Waals surface area contributed by atoms with Crippen molar-refractivity contribution in [3.8, 4) is 0 Å². The standard InChI is InChI=1S/C36H44N4O8/c1-23(2)21-29(39-31(41)25-9-5-6-10-26(25)32(39)42)35(45)37-13-17-47-19-15-38(16-20-48-18-14-37)36(46)30(22-24(3)4)40-33(43)27-11-7-8-12-28(27)34(40)44/h5-12,23-24,29-30H,13-22H2,1-4H3/t29-,30-/m1/s1. The van der Waals surface area contributed by atoms with Crippen LogP contribution in [-0.4, -0.2) is 120 Å². The van der Waals surface area contributed by atoms with E-state index in [0.717, 1.165) is 9.80 Å². The van der Waals surface area contributed by atoms with Gasteiger partial charge in [-0.2, -0.15) is 0 Å². The van der Waals surface area contributed by atoms with Crippen molar-refractivity contribution >= 4 is 35.4 Å². The molecule has 2 aromatic rings. The Bertz CT molecular complexity index is 1370. The van der Waals surface area contributed by atoms with Crippen molar-refractivity contribution in [1.82, 2.24) is 19.6 Å². The van der Waals surface area contributed by atoms with Gasteiger partial charge in [0.15, 0.2) is 0 Å². The lowest BCUT2D eigenvalue weighted by Gasteiger charge is -2.34. The van der Waals surface area contributed by atoms with Gasteiger partial charge < -0.3 is 19.3 Å². The van der Waals surface area contributed by atoms with Crippen LogP contribution in [-0.2, 0) is 19.1 Å². The van der Waals surface area contributed by atoms with Crippen LogP contribution in [0.4, 0.5) is 0 Å². The third-order valence-corrected chi connectivity index (χ3v) is 8.88. The van der Waals surface area contributed by atoms with Gasteiger partial charge in [0.1, 0.15) is 12.1 Å². The maximum Gasteiger partial charge on any atom is 0.262 e. The van der Waals surface area contributed by atoms with Crippen LogP contribution in [0.2, 0.25) is 0 Å². The second-order valence-electron chi connectivity index (χ2n) is 13.2. The molecule has 3 aliphatic rings. The predicted molar refractivity (Wildman–Crippen MR) is 175 cm³/mol. The summed E-state index contributed by atoms with van der Waals surface area (Å²) < 4.78 is 11.8. The van der Waals surface area contributed by atoms with Gasteiger partial charge in [-0.1, -0.05) is 52.0 Å². The van der Waals surface area contributed by atoms with Crippen molar-refractivity contribution < 1.29 is 38.2 Å². The van der Waals surface area contributed by atoms with E-state index in [0.29, 0.717) is 35.1 Å². The largest absolute Gasteiger partial charge is 0.378 e. The molecule has 0 bridgehead atoms. The molecule has 0 N–H and O–H groups in total. The number of benzene rings is 2. The van der Waals surface area contributed by atoms with Gasteiger partial charge in [0, 0.05) is 26.2 Å². The Labute approximate surface area is 280 Å². The Morgan fingerprint density at radius 1 is 0.542 bits per heavy atom. The molecule has 1 fully saturated rings. The molecule has 256 valence electrons. The van der Waals surface area contributed by atoms with Crippen molar-refractivity contribution in [2.75, 3.05) is 52.6 Å². The zero-order valence-corrected chi connectivity index (χ0v) is 28.1. The van der Waals surface area contributed by atoms with Crippen molar-refractivity contribution in [2.24, 2.45) is 11.8 Å². The lowest BCUT2D eigenvalue weighted by molar-refractivity contribution is -0.139. The third kappa shape index (κ3) is 7.19. The van der Waals surface area contributed by atoms with E-state index in [1.54, 1.807) is 58.3 Å². The van der Waals surface area contributed by atoms with Gasteiger partial charge in [0.05, 0.1) is 48.7 Å². The first kappa shape index (κ1) is 34.9. The van der Waals surface area contributed by atoms with Crippen LogP contribution < -0.4 is 0 Å². The van der Waals surface area contributed by atoms with E-state index in [2.05, 4.69) is 0 Å². The first-order valence-electron chi connectivity index (χ1n) is 16.7. The van der Waals surface area contributed by atoms with Gasteiger partial charge in [-0.15, -0.1) is 0 Å². The molecule has 0 unspecified atom stereocenters. The molecule has 0 spiro atoms. The second kappa shape index (κ2) is 15.2. The molecule has 0 aliphatic carbocycles. The molecule has 1 saturated heterocycles. The third-order valence-electron chi connectivity index (χ3n) is 8.88. The molecule has 0 radical (unpaired) electrons. The minimum atomic E-state index is -0.974. The van der Waals surface area contributed by atoms with Gasteiger partial charge in [-0.25, -0.2) is 0 Å². The molecular formula is C36H44N4O8. The fourth-order valence-electron chi connectivity index (χ4n) is 6.50. The summed E-state index contributed by atoms with van der Waals surface area (Å²) in [7, 11) is 0. The number of nitrogens with zero attached hydrogens (tertiary/aromatic N) is 4. The van der Waals surface area contributed by atoms with Crippen LogP contribution in [0.3, 0.4) is 0 Å². The predicted octanol–water partition coefficient (Wildman–Crippen LogP) is 3.11. The van der Waals surface area contributed by atoms with Gasteiger partial charge in [-0.3, -0.25) is 38.6 Å². The van der Waals surface area contributed by atoms with E-state index in [1.165, 1.54) is 0 Å². The number of fused-ring (bicyclic) bond motifs is 2. The van der Waals surface area contributed by atoms with E-state index in [4.69, 9.17) is 9.47 Å². The quantitative estimate of drug-likeness (QED) is 0.395. The van der Waals surface area contributed by atoms with Gasteiger partial charge in [0.25, 0.3) is 23.6 Å². The van der Waals surface area contributed by atoms with Gasteiger partial charge in [-0.05, 0) is 48.9 Å². The number of ether oxygens (including phenoxy) is 2. The Kier molecular flexibility index (Phi) is 11.1. The maximum absolute atomic E-state index is 14.0. The van der Waals surface area contributed by atoms with Crippen LogP contribution in [0.1, 0.15) is 82.0 Å². The van der Waals surface area contributed by atoms with Crippen molar-refractivity contribution in [3.05, 3.63) is 70.8 Å². The highest BCUT2D eigenvalue weighted by atomic mass is 16.5. The highest BCUT2D eigenvalue weighted by Crippen LogP contribution is 2.29. The zero-order valence-electron chi connectivity index (χ0n) is 28.1. The van der Waals surface area contributed by atoms with E-state index < -0.39 is 35.7 Å². The van der Waals surface area contributed by atoms with Crippen LogP contribution in [0.15, 0.2) is 48.5 Å². The molecule has 0 saturated carbocycles. The van der Waals surface area contributed by atoms with Crippen molar-refractivity contribution in [3.63, 3.8) is 0 Å². The highest BCUT2D eigenvalue weighted by Gasteiger charge is 2.45. The maximum atomic E-state index is 14.0. The zero-order chi connectivity index (χ0) is 34.5. The number of imide groups is 2. The summed E-state index contributed by atoms with van der Waals surface area (Å²) in [5.41, 5.74) is 1.17. The van der Waals surface area contributed by atoms with Crippen LogP contribution >= 0.6 is 0 Å². The topological polar surface area (TPSA) is 134 Å². The van der Waals surface area contributed by atoms with E-state index >= 15 is 0 Å². The van der Waals surface area contributed by atoms with Crippen molar-refractivity contribution in [1.29, 1.82) is 0 Å². The molecule has 2 aromatic carbocycles. The Balaban J connectivity index is 1.25. The summed E-state index contributed by atoms with van der Waals surface area (Å²) in [5.74, 6) is -2.53. The fraction of sp³-hybridized carbons (Fsp3) is 0.500. The normalized spacial score (nSPS) is 19.0. The lowest BCUT2D eigenvalue weighted by atomic mass is 10.0. The first-order chi connectivity index (χ1) is 23.0. The summed E-state index contributed by atoms with van der Waals surface area (Å²) >= 11 is 0. The summed E-state index contributed by atoms with van der Waals surface area (Å²) in [6, 6.07) is 11.2.